The molecule has 0 radical (unpaired) electrons. The summed E-state index contributed by atoms with van der Waals surface area (Å²) >= 11 is 0. The van der Waals surface area contributed by atoms with E-state index in [4.69, 9.17) is 0 Å². The van der Waals surface area contributed by atoms with Gasteiger partial charge in [-0.2, -0.15) is 0 Å². The van der Waals surface area contributed by atoms with Gasteiger partial charge < -0.3 is 5.32 Å². The maximum atomic E-state index is 11.4. The van der Waals surface area contributed by atoms with Crippen LogP contribution in [0.15, 0.2) is 30.3 Å². The van der Waals surface area contributed by atoms with Gasteiger partial charge in [0, 0.05) is 12.0 Å². The molecule has 0 bridgehead atoms. The number of carbonyl (C=O) groups is 1. The normalized spacial score (nSPS) is 18.5. The number of rotatable bonds is 4. The van der Waals surface area contributed by atoms with Crippen molar-refractivity contribution in [2.24, 2.45) is 5.92 Å². The first-order valence-electron chi connectivity index (χ1n) is 8.64. The van der Waals surface area contributed by atoms with Gasteiger partial charge in [-0.25, -0.2) is 0 Å². The Morgan fingerprint density at radius 1 is 1.05 bits per heavy atom. The summed E-state index contributed by atoms with van der Waals surface area (Å²) < 4.78 is 0. The molecule has 0 saturated heterocycles. The molecule has 2 nitrogen and oxygen atoms in total. The van der Waals surface area contributed by atoms with E-state index in [0.29, 0.717) is 17.9 Å². The van der Waals surface area contributed by atoms with Crippen LogP contribution in [0.4, 0.5) is 0 Å². The fourth-order valence-corrected chi connectivity index (χ4v) is 2.84. The van der Waals surface area contributed by atoms with Crippen LogP contribution in [-0.4, -0.2) is 11.9 Å². The van der Waals surface area contributed by atoms with E-state index in [2.05, 4.69) is 42.6 Å². The molecular formula is C19H29NO. The summed E-state index contributed by atoms with van der Waals surface area (Å²) in [5.74, 6) is 0.703. The van der Waals surface area contributed by atoms with E-state index in [1.807, 2.05) is 0 Å². The third-order valence-corrected chi connectivity index (χ3v) is 4.28. The lowest BCUT2D eigenvalue weighted by Gasteiger charge is -2.22. The van der Waals surface area contributed by atoms with Crippen LogP contribution in [0.5, 0.6) is 0 Å². The lowest BCUT2D eigenvalue weighted by atomic mass is 9.95. The van der Waals surface area contributed by atoms with Gasteiger partial charge in [-0.05, 0) is 37.7 Å². The zero-order valence-corrected chi connectivity index (χ0v) is 13.3. The predicted octanol–water partition coefficient (Wildman–Crippen LogP) is 4.48. The second kappa shape index (κ2) is 8.86. The number of hydrogen-bond donors (Lipinski definition) is 1. The van der Waals surface area contributed by atoms with Crippen molar-refractivity contribution in [3.8, 4) is 0 Å². The number of carbonyl (C=O) groups excluding carboxylic acids is 1. The van der Waals surface area contributed by atoms with Gasteiger partial charge in [0.1, 0.15) is 0 Å². The van der Waals surface area contributed by atoms with Crippen molar-refractivity contribution >= 4 is 5.91 Å². The third kappa shape index (κ3) is 6.33. The zero-order valence-electron chi connectivity index (χ0n) is 13.3. The van der Waals surface area contributed by atoms with Gasteiger partial charge in [-0.15, -0.1) is 0 Å². The zero-order chi connectivity index (χ0) is 14.9. The molecule has 0 aliphatic heterocycles. The molecule has 3 rings (SSSR count). The minimum atomic E-state index is 0.321. The molecule has 0 unspecified atom stereocenters. The molecule has 116 valence electrons. The SMILES string of the molecule is CCCc1ccccc1.O=C(NC1CCCCC1)C1CC1. The molecule has 2 saturated carbocycles. The second-order valence-corrected chi connectivity index (χ2v) is 6.35. The van der Waals surface area contributed by atoms with E-state index in [9.17, 15) is 4.79 Å². The second-order valence-electron chi connectivity index (χ2n) is 6.35. The van der Waals surface area contributed by atoms with Crippen molar-refractivity contribution in [3.05, 3.63) is 35.9 Å². The smallest absolute Gasteiger partial charge is 0.223 e. The summed E-state index contributed by atoms with van der Waals surface area (Å²) in [6.07, 6.45) is 11.1. The molecule has 1 aromatic carbocycles. The average Bonchev–Trinajstić information content (AvgIpc) is 3.35. The standard InChI is InChI=1S/C10H17NO.C9H12/c12-10(8-6-7-8)11-9-4-2-1-3-5-9;1-2-6-9-7-4-3-5-8-9/h8-9H,1-7H2,(H,11,12);3-5,7-8H,2,6H2,1H3. The van der Waals surface area contributed by atoms with E-state index >= 15 is 0 Å². The number of nitrogens with one attached hydrogen (secondary N) is 1. The molecule has 2 aliphatic carbocycles. The van der Waals surface area contributed by atoms with Crippen LogP contribution < -0.4 is 5.32 Å². The molecule has 1 aromatic rings. The highest BCUT2D eigenvalue weighted by Gasteiger charge is 2.30. The summed E-state index contributed by atoms with van der Waals surface area (Å²) in [6.45, 7) is 2.20. The van der Waals surface area contributed by atoms with Crippen LogP contribution in [0, 0.1) is 5.92 Å². The molecule has 0 heterocycles. The van der Waals surface area contributed by atoms with Gasteiger partial charge in [0.25, 0.3) is 0 Å². The minimum Gasteiger partial charge on any atom is -0.353 e. The number of hydrogen-bond acceptors (Lipinski definition) is 1. The van der Waals surface area contributed by atoms with Crippen LogP contribution in [-0.2, 0) is 11.2 Å². The Labute approximate surface area is 129 Å². The van der Waals surface area contributed by atoms with Crippen molar-refractivity contribution in [2.75, 3.05) is 0 Å². The highest BCUT2D eigenvalue weighted by molar-refractivity contribution is 5.81. The van der Waals surface area contributed by atoms with E-state index in [-0.39, 0.29) is 0 Å². The molecule has 0 spiro atoms. The van der Waals surface area contributed by atoms with Crippen molar-refractivity contribution in [1.29, 1.82) is 0 Å². The topological polar surface area (TPSA) is 29.1 Å². The third-order valence-electron chi connectivity index (χ3n) is 4.28. The van der Waals surface area contributed by atoms with Crippen molar-refractivity contribution in [1.82, 2.24) is 5.32 Å². The van der Waals surface area contributed by atoms with Gasteiger partial charge in [-0.3, -0.25) is 4.79 Å². The molecule has 0 atom stereocenters. The van der Waals surface area contributed by atoms with Gasteiger partial charge in [0.05, 0.1) is 0 Å². The van der Waals surface area contributed by atoms with Crippen LogP contribution in [0.25, 0.3) is 0 Å². The molecular weight excluding hydrogens is 258 g/mol. The Kier molecular flexibility index (Phi) is 6.78. The maximum absolute atomic E-state index is 11.4. The number of aryl methyl sites for hydroxylation is 1. The molecule has 2 fully saturated rings. The van der Waals surface area contributed by atoms with Crippen molar-refractivity contribution in [3.63, 3.8) is 0 Å². The van der Waals surface area contributed by atoms with Gasteiger partial charge >= 0.3 is 0 Å². The first-order valence-corrected chi connectivity index (χ1v) is 8.64. The molecule has 0 aromatic heterocycles. The van der Waals surface area contributed by atoms with E-state index < -0.39 is 0 Å². The van der Waals surface area contributed by atoms with Crippen LogP contribution in [0.3, 0.4) is 0 Å². The molecule has 2 aliphatic rings. The lowest BCUT2D eigenvalue weighted by molar-refractivity contribution is -0.123. The molecule has 21 heavy (non-hydrogen) atoms. The Balaban J connectivity index is 0.000000161. The predicted molar refractivity (Wildman–Crippen MR) is 88.2 cm³/mol. The fraction of sp³-hybridized carbons (Fsp3) is 0.632. The average molecular weight is 287 g/mol. The van der Waals surface area contributed by atoms with Gasteiger partial charge in [0.15, 0.2) is 0 Å². The quantitative estimate of drug-likeness (QED) is 0.869. The van der Waals surface area contributed by atoms with E-state index in [1.54, 1.807) is 0 Å². The largest absolute Gasteiger partial charge is 0.353 e. The fourth-order valence-electron chi connectivity index (χ4n) is 2.84. The van der Waals surface area contributed by atoms with Gasteiger partial charge in [0.2, 0.25) is 5.91 Å². The van der Waals surface area contributed by atoms with E-state index in [1.165, 1.54) is 50.5 Å². The maximum Gasteiger partial charge on any atom is 0.223 e. The summed E-state index contributed by atoms with van der Waals surface area (Å²) in [5, 5.41) is 3.14. The summed E-state index contributed by atoms with van der Waals surface area (Å²) in [6, 6.07) is 11.1. The molecule has 1 amide bonds. The van der Waals surface area contributed by atoms with Gasteiger partial charge in [-0.1, -0.05) is 62.9 Å². The highest BCUT2D eigenvalue weighted by atomic mass is 16.2. The Morgan fingerprint density at radius 2 is 1.71 bits per heavy atom. The first kappa shape index (κ1) is 16.1. The molecule has 2 heteroatoms. The minimum absolute atomic E-state index is 0.321. The van der Waals surface area contributed by atoms with E-state index in [0.717, 1.165) is 12.8 Å². The van der Waals surface area contributed by atoms with Crippen molar-refractivity contribution < 1.29 is 4.79 Å². The Bertz CT molecular complexity index is 405. The van der Waals surface area contributed by atoms with Crippen LogP contribution >= 0.6 is 0 Å². The summed E-state index contributed by atoms with van der Waals surface area (Å²) in [5.41, 5.74) is 1.44. The van der Waals surface area contributed by atoms with Crippen LogP contribution in [0.2, 0.25) is 0 Å². The summed E-state index contributed by atoms with van der Waals surface area (Å²) in [7, 11) is 0. The highest BCUT2D eigenvalue weighted by Crippen LogP contribution is 2.29. The lowest BCUT2D eigenvalue weighted by Crippen LogP contribution is -2.37. The number of amides is 1. The Hall–Kier alpha value is -1.31. The number of benzene rings is 1. The molecule has 1 N–H and O–H groups in total. The first-order chi connectivity index (χ1) is 10.3. The summed E-state index contributed by atoms with van der Waals surface area (Å²) in [4.78, 5) is 11.4. The van der Waals surface area contributed by atoms with Crippen LogP contribution in [0.1, 0.15) is 63.9 Å². The van der Waals surface area contributed by atoms with Crippen molar-refractivity contribution in [2.45, 2.75) is 70.8 Å². The monoisotopic (exact) mass is 287 g/mol. The Morgan fingerprint density at radius 3 is 2.29 bits per heavy atom.